The fourth-order valence-electron chi connectivity index (χ4n) is 6.83. The molecule has 0 saturated carbocycles. The van der Waals surface area contributed by atoms with Crippen molar-refractivity contribution >= 4 is 23.7 Å². The van der Waals surface area contributed by atoms with Gasteiger partial charge in [-0.3, -0.25) is 14.4 Å². The van der Waals surface area contributed by atoms with Crippen molar-refractivity contribution in [2.75, 3.05) is 31.5 Å². The second kappa shape index (κ2) is 15.3. The van der Waals surface area contributed by atoms with E-state index in [4.69, 9.17) is 5.73 Å². The number of nitrogens with two attached hydrogens (primary N) is 1. The summed E-state index contributed by atoms with van der Waals surface area (Å²) in [5.74, 6) is -13.7. The molecule has 0 radical (unpaired) electrons. The van der Waals surface area contributed by atoms with Crippen LogP contribution in [0.1, 0.15) is 53.3 Å². The van der Waals surface area contributed by atoms with Gasteiger partial charge < -0.3 is 21.3 Å². The second-order valence-corrected chi connectivity index (χ2v) is 13.2. The largest absolute Gasteiger partial charge is 0.366 e. The number of anilines is 1. The quantitative estimate of drug-likeness (QED) is 0.154. The lowest BCUT2D eigenvalue weighted by atomic mass is 9.86. The summed E-state index contributed by atoms with van der Waals surface area (Å²) in [6, 6.07) is 1.45. The Morgan fingerprint density at radius 2 is 1.73 bits per heavy atom. The van der Waals surface area contributed by atoms with Crippen molar-refractivity contribution in [3.63, 3.8) is 0 Å². The number of carbonyl (C=O) groups excluding carboxylic acids is 3. The fourth-order valence-corrected chi connectivity index (χ4v) is 6.83. The summed E-state index contributed by atoms with van der Waals surface area (Å²) < 4.78 is 131. The van der Waals surface area contributed by atoms with Gasteiger partial charge in [-0.25, -0.2) is 40.7 Å². The fraction of sp³-hybridized carbons (Fsp3) is 0.400. The van der Waals surface area contributed by atoms with Gasteiger partial charge in [0.25, 0.3) is 36.4 Å². The van der Waals surface area contributed by atoms with Gasteiger partial charge in [0, 0.05) is 56.7 Å². The number of rotatable bonds is 13. The lowest BCUT2D eigenvalue weighted by molar-refractivity contribution is -0.549. The van der Waals surface area contributed by atoms with Crippen LogP contribution >= 0.6 is 0 Å². The first-order valence-corrected chi connectivity index (χ1v) is 16.9. The van der Waals surface area contributed by atoms with Gasteiger partial charge in [0.05, 0.1) is 17.3 Å². The van der Waals surface area contributed by atoms with E-state index in [1.807, 2.05) is 0 Å². The summed E-state index contributed by atoms with van der Waals surface area (Å²) in [7, 11) is 0. The number of nitrogens with zero attached hydrogens (tertiary/aromatic N) is 5. The molecular formula is C35H32F9N8O3+. The molecule has 2 aromatic carbocycles. The van der Waals surface area contributed by atoms with E-state index in [0.717, 1.165) is 24.3 Å². The standard InChI is InChI=1S/C35H31F9N8O3/c36-19-10-17(11-20(37)14-19)12-24(48-25(53)16-52-30-27(29(50-52)31(39)40)34(41,42)5-6-35(30,43)44)28-22(18-3-4-23(38)21(13-18)32(45)55)15-47-33(49-28)46-7-9-51-8-1-2-26(51)54/h3-4,10-11,13-15,24,29,31H,1-2,5-9,12,16H2,(H3-,45,46,47,48,49,53,55)/p+1/t24-,29?/m0/s1. The van der Waals surface area contributed by atoms with Crippen molar-refractivity contribution in [1.29, 1.82) is 0 Å². The summed E-state index contributed by atoms with van der Waals surface area (Å²) in [5.41, 5.74) is 1.54. The van der Waals surface area contributed by atoms with Crippen LogP contribution in [0.3, 0.4) is 0 Å². The highest BCUT2D eigenvalue weighted by atomic mass is 19.3. The Hall–Kier alpha value is -5.56. The van der Waals surface area contributed by atoms with Crippen molar-refractivity contribution < 1.29 is 58.6 Å². The molecule has 55 heavy (non-hydrogen) atoms. The van der Waals surface area contributed by atoms with Gasteiger partial charge in [-0.1, -0.05) is 10.8 Å². The molecule has 3 heterocycles. The minimum absolute atomic E-state index is 0.0111. The van der Waals surface area contributed by atoms with Crippen molar-refractivity contribution in [3.05, 3.63) is 88.1 Å². The third-order valence-electron chi connectivity index (χ3n) is 9.32. The van der Waals surface area contributed by atoms with Crippen LogP contribution in [0.5, 0.6) is 0 Å². The summed E-state index contributed by atoms with van der Waals surface area (Å²) in [6.45, 7) is -0.348. The van der Waals surface area contributed by atoms with Crippen LogP contribution in [0, 0.1) is 17.5 Å². The molecule has 1 fully saturated rings. The molecule has 20 heteroatoms. The summed E-state index contributed by atoms with van der Waals surface area (Å²) in [6.07, 6.45) is -4.66. The molecule has 3 amide bonds. The Bertz CT molecular complexity index is 2080. The van der Waals surface area contributed by atoms with Gasteiger partial charge in [0.2, 0.25) is 17.9 Å². The zero-order valence-electron chi connectivity index (χ0n) is 28.6. The molecule has 0 spiro atoms. The minimum atomic E-state index is -4.07. The maximum absolute atomic E-state index is 15.1. The van der Waals surface area contributed by atoms with Crippen LogP contribution in [-0.2, 0) is 16.0 Å². The van der Waals surface area contributed by atoms with Gasteiger partial charge >= 0.3 is 5.92 Å². The molecule has 3 aromatic rings. The molecule has 11 nitrogen and oxygen atoms in total. The van der Waals surface area contributed by atoms with E-state index >= 15 is 8.78 Å². The number of primary amides is 1. The van der Waals surface area contributed by atoms with Gasteiger partial charge in [0.15, 0.2) is 0 Å². The molecule has 292 valence electrons. The smallest absolute Gasteiger partial charge is 0.332 e. The molecule has 2 atom stereocenters. The van der Waals surface area contributed by atoms with Crippen molar-refractivity contribution in [2.45, 2.75) is 62.5 Å². The normalized spacial score (nSPS) is 19.4. The Balaban J connectivity index is 1.41. The van der Waals surface area contributed by atoms with Crippen molar-refractivity contribution in [2.24, 2.45) is 10.8 Å². The number of amides is 3. The number of nitrogens with one attached hydrogen (secondary N) is 2. The van der Waals surface area contributed by atoms with Gasteiger partial charge in [-0.15, -0.1) is 0 Å². The lowest BCUT2D eigenvalue weighted by Crippen LogP contribution is -2.42. The summed E-state index contributed by atoms with van der Waals surface area (Å²) >= 11 is 0. The third-order valence-corrected chi connectivity index (χ3v) is 9.32. The number of hydrogen-bond donors (Lipinski definition) is 3. The number of alkyl halides is 6. The van der Waals surface area contributed by atoms with Crippen molar-refractivity contribution in [3.8, 4) is 11.1 Å². The number of halogens is 9. The highest BCUT2D eigenvalue weighted by molar-refractivity contribution is 5.94. The topological polar surface area (TPSA) is 146 Å². The first kappa shape index (κ1) is 39.1. The van der Waals surface area contributed by atoms with Crippen LogP contribution in [0.15, 0.2) is 59.0 Å². The number of carbonyl (C=O) groups is 3. The number of benzene rings is 2. The molecule has 2 aliphatic heterocycles. The zero-order valence-corrected chi connectivity index (χ0v) is 28.6. The van der Waals surface area contributed by atoms with E-state index in [9.17, 15) is 45.1 Å². The number of allylic oxidation sites excluding steroid dienone is 1. The first-order chi connectivity index (χ1) is 25.9. The molecule has 4 N–H and O–H groups in total. The zero-order chi connectivity index (χ0) is 39.8. The van der Waals surface area contributed by atoms with E-state index in [-0.39, 0.29) is 52.0 Å². The first-order valence-electron chi connectivity index (χ1n) is 16.9. The Labute approximate surface area is 306 Å². The second-order valence-electron chi connectivity index (χ2n) is 13.2. The monoisotopic (exact) mass is 783 g/mol. The van der Waals surface area contributed by atoms with Crippen LogP contribution in [0.25, 0.3) is 11.1 Å². The molecule has 1 saturated heterocycles. The molecule has 6 rings (SSSR count). The highest BCUT2D eigenvalue weighted by Gasteiger charge is 2.64. The minimum Gasteiger partial charge on any atom is -0.366 e. The number of likely N-dealkylation sites (tertiary alicyclic amines) is 1. The van der Waals surface area contributed by atoms with E-state index in [0.29, 0.717) is 25.5 Å². The molecule has 3 aliphatic rings. The lowest BCUT2D eigenvalue weighted by Gasteiger charge is -2.27. The predicted octanol–water partition coefficient (Wildman–Crippen LogP) is 5.52. The van der Waals surface area contributed by atoms with E-state index in [1.165, 1.54) is 12.3 Å². The molecular weight excluding hydrogens is 751 g/mol. The Morgan fingerprint density at radius 1 is 1.02 bits per heavy atom. The average Bonchev–Trinajstić information content (AvgIpc) is 3.71. The maximum Gasteiger partial charge on any atom is 0.332 e. The third kappa shape index (κ3) is 8.41. The van der Waals surface area contributed by atoms with Crippen LogP contribution in [0.4, 0.5) is 45.5 Å². The Morgan fingerprint density at radius 3 is 2.38 bits per heavy atom. The SMILES string of the molecule is NC(=O)c1cc(-c2cnc(NCCN3CCCC3=O)nc2[C@H](Cc2cc(F)cc(F)c2)NC(=O)C[N+]2=NC(C(F)F)C3=C2C(F)(F)CCC3(F)F)ccc1F. The van der Waals surface area contributed by atoms with Crippen LogP contribution in [-0.4, -0.2) is 87.8 Å². The Kier molecular flexibility index (Phi) is 10.9. The van der Waals surface area contributed by atoms with Crippen LogP contribution in [0.2, 0.25) is 0 Å². The van der Waals surface area contributed by atoms with E-state index in [2.05, 4.69) is 25.7 Å². The molecule has 1 unspecified atom stereocenters. The highest BCUT2D eigenvalue weighted by Crippen LogP contribution is 2.51. The number of aromatic nitrogens is 2. The molecule has 1 aromatic heterocycles. The molecule has 0 bridgehead atoms. The average molecular weight is 784 g/mol. The molecule has 1 aliphatic carbocycles. The summed E-state index contributed by atoms with van der Waals surface area (Å²) in [5, 5.41) is 8.77. The van der Waals surface area contributed by atoms with Gasteiger partial charge in [-0.2, -0.15) is 8.78 Å². The number of azo groups is 2. The van der Waals surface area contributed by atoms with Crippen molar-refractivity contribution in [1.82, 2.24) is 20.2 Å². The summed E-state index contributed by atoms with van der Waals surface area (Å²) in [4.78, 5) is 48.1. The predicted molar refractivity (Wildman–Crippen MR) is 175 cm³/mol. The number of hydrogen-bond acceptors (Lipinski definition) is 7. The van der Waals surface area contributed by atoms with E-state index in [1.54, 1.807) is 4.90 Å². The van der Waals surface area contributed by atoms with Crippen LogP contribution < -0.4 is 16.4 Å². The van der Waals surface area contributed by atoms with Gasteiger partial charge in [0.1, 0.15) is 23.0 Å². The van der Waals surface area contributed by atoms with Gasteiger partial charge in [-0.05, 0) is 53.3 Å². The maximum atomic E-state index is 15.1. The van der Waals surface area contributed by atoms with E-state index < -0.39 is 102 Å².